The van der Waals surface area contributed by atoms with Gasteiger partial charge in [0.25, 0.3) is 0 Å². The zero-order chi connectivity index (χ0) is 16.9. The van der Waals surface area contributed by atoms with Gasteiger partial charge in [0.2, 0.25) is 5.91 Å². The minimum Gasteiger partial charge on any atom is -0.356 e. The summed E-state index contributed by atoms with van der Waals surface area (Å²) in [4.78, 5) is 16.3. The minimum atomic E-state index is -0.265. The molecule has 0 aliphatic heterocycles. The summed E-state index contributed by atoms with van der Waals surface area (Å²) in [7, 11) is 0. The van der Waals surface area contributed by atoms with E-state index in [1.54, 1.807) is 6.07 Å². The number of halogens is 1. The smallest absolute Gasteiger partial charge is 0.224 e. The van der Waals surface area contributed by atoms with Crippen molar-refractivity contribution in [2.75, 3.05) is 6.54 Å². The van der Waals surface area contributed by atoms with E-state index in [0.717, 1.165) is 32.8 Å². The van der Waals surface area contributed by atoms with Crippen molar-refractivity contribution < 1.29 is 9.18 Å². The van der Waals surface area contributed by atoms with Gasteiger partial charge in [-0.25, -0.2) is 4.39 Å². The number of hydrogen-bond donors (Lipinski definition) is 2. The number of para-hydroxylation sites is 1. The molecule has 0 atom stereocenters. The Morgan fingerprint density at radius 3 is 2.83 bits per heavy atom. The average Bonchev–Trinajstić information content (AvgIpc) is 2.90. The molecule has 1 amide bonds. The summed E-state index contributed by atoms with van der Waals surface area (Å²) < 4.78 is 13.4. The van der Waals surface area contributed by atoms with Crippen molar-refractivity contribution in [2.45, 2.75) is 29.7 Å². The van der Waals surface area contributed by atoms with Gasteiger partial charge in [0.15, 0.2) is 0 Å². The van der Waals surface area contributed by atoms with E-state index in [1.807, 2.05) is 37.3 Å². The Hall–Kier alpha value is -2.27. The van der Waals surface area contributed by atoms with Gasteiger partial charge in [-0.1, -0.05) is 43.0 Å². The summed E-state index contributed by atoms with van der Waals surface area (Å²) >= 11 is 1.44. The first-order chi connectivity index (χ1) is 11.7. The number of amides is 1. The topological polar surface area (TPSA) is 44.9 Å². The molecule has 0 unspecified atom stereocenters. The predicted octanol–water partition coefficient (Wildman–Crippen LogP) is 4.53. The Bertz CT molecular complexity index is 859. The molecule has 2 N–H and O–H groups in total. The standard InChI is InChI=1S/C19H19FN2OS/c1-2-10-21-18(23)12-16-15-8-3-4-9-17(15)22-19(16)24-14-7-5-6-13(20)11-14/h3-9,11,22H,2,10,12H2,1H3,(H,21,23). The molecule has 0 saturated heterocycles. The third-order valence-electron chi connectivity index (χ3n) is 3.70. The summed E-state index contributed by atoms with van der Waals surface area (Å²) in [6, 6.07) is 14.4. The number of hydrogen-bond acceptors (Lipinski definition) is 2. The van der Waals surface area contributed by atoms with Crippen LogP contribution in [0.25, 0.3) is 10.9 Å². The van der Waals surface area contributed by atoms with Gasteiger partial charge in [-0.05, 0) is 30.7 Å². The van der Waals surface area contributed by atoms with Crippen molar-refractivity contribution in [3.05, 3.63) is 59.9 Å². The number of fused-ring (bicyclic) bond motifs is 1. The Kier molecular flexibility index (Phi) is 5.20. The van der Waals surface area contributed by atoms with E-state index >= 15 is 0 Å². The number of carbonyl (C=O) groups is 1. The number of benzene rings is 2. The zero-order valence-corrected chi connectivity index (χ0v) is 14.3. The van der Waals surface area contributed by atoms with Crippen LogP contribution < -0.4 is 5.32 Å². The monoisotopic (exact) mass is 342 g/mol. The van der Waals surface area contributed by atoms with E-state index in [4.69, 9.17) is 0 Å². The molecule has 124 valence electrons. The average molecular weight is 342 g/mol. The molecule has 0 aliphatic carbocycles. The highest BCUT2D eigenvalue weighted by Crippen LogP contribution is 2.34. The van der Waals surface area contributed by atoms with Crippen LogP contribution in [0.4, 0.5) is 4.39 Å². The van der Waals surface area contributed by atoms with Crippen LogP contribution in [0.15, 0.2) is 58.5 Å². The van der Waals surface area contributed by atoms with Crippen molar-refractivity contribution in [1.82, 2.24) is 10.3 Å². The van der Waals surface area contributed by atoms with Gasteiger partial charge < -0.3 is 10.3 Å². The second-order valence-electron chi connectivity index (χ2n) is 5.56. The summed E-state index contributed by atoms with van der Waals surface area (Å²) in [5.74, 6) is -0.263. The van der Waals surface area contributed by atoms with Crippen LogP contribution in [0.1, 0.15) is 18.9 Å². The normalized spacial score (nSPS) is 10.9. The van der Waals surface area contributed by atoms with E-state index in [9.17, 15) is 9.18 Å². The second-order valence-corrected chi connectivity index (χ2v) is 6.65. The SMILES string of the molecule is CCCNC(=O)Cc1c(Sc2cccc(F)c2)[nH]c2ccccc12. The summed E-state index contributed by atoms with van der Waals surface area (Å²) in [5, 5.41) is 4.83. The fraction of sp³-hybridized carbons (Fsp3) is 0.211. The van der Waals surface area contributed by atoms with Crippen LogP contribution in [0, 0.1) is 5.82 Å². The lowest BCUT2D eigenvalue weighted by molar-refractivity contribution is -0.120. The van der Waals surface area contributed by atoms with Crippen LogP contribution >= 0.6 is 11.8 Å². The predicted molar refractivity (Wildman–Crippen MR) is 95.8 cm³/mol. The molecule has 2 aromatic carbocycles. The summed E-state index contributed by atoms with van der Waals surface area (Å²) in [6.45, 7) is 2.70. The molecule has 0 fully saturated rings. The molecule has 5 heteroatoms. The van der Waals surface area contributed by atoms with Gasteiger partial charge in [0.05, 0.1) is 11.4 Å². The Balaban J connectivity index is 1.94. The first-order valence-electron chi connectivity index (χ1n) is 7.97. The Morgan fingerprint density at radius 1 is 1.21 bits per heavy atom. The number of carbonyl (C=O) groups excluding carboxylic acids is 1. The number of aromatic amines is 1. The van der Waals surface area contributed by atoms with Crippen molar-refractivity contribution in [3.8, 4) is 0 Å². The molecule has 0 aliphatic rings. The number of rotatable bonds is 6. The maximum absolute atomic E-state index is 13.4. The molecule has 1 heterocycles. The zero-order valence-electron chi connectivity index (χ0n) is 13.4. The maximum atomic E-state index is 13.4. The summed E-state index contributed by atoms with van der Waals surface area (Å²) in [5.41, 5.74) is 1.93. The molecular formula is C19H19FN2OS. The molecule has 24 heavy (non-hydrogen) atoms. The van der Waals surface area contributed by atoms with Gasteiger partial charge in [0, 0.05) is 27.9 Å². The number of aromatic nitrogens is 1. The first kappa shape index (κ1) is 16.6. The van der Waals surface area contributed by atoms with Gasteiger partial charge >= 0.3 is 0 Å². The Labute approximate surface area is 144 Å². The van der Waals surface area contributed by atoms with Crippen LogP contribution in [0.2, 0.25) is 0 Å². The molecule has 0 bridgehead atoms. The fourth-order valence-corrected chi connectivity index (χ4v) is 3.59. The molecule has 3 aromatic rings. The largest absolute Gasteiger partial charge is 0.356 e. The van der Waals surface area contributed by atoms with E-state index in [-0.39, 0.29) is 11.7 Å². The van der Waals surface area contributed by atoms with Crippen LogP contribution in [-0.2, 0) is 11.2 Å². The summed E-state index contributed by atoms with van der Waals surface area (Å²) in [6.07, 6.45) is 1.21. The maximum Gasteiger partial charge on any atom is 0.224 e. The van der Waals surface area contributed by atoms with E-state index in [1.165, 1.54) is 23.9 Å². The fourth-order valence-electron chi connectivity index (χ4n) is 2.57. The third kappa shape index (κ3) is 3.79. The lowest BCUT2D eigenvalue weighted by Gasteiger charge is -2.06. The second kappa shape index (κ2) is 7.53. The van der Waals surface area contributed by atoms with Gasteiger partial charge in [0.1, 0.15) is 5.82 Å². The molecule has 0 saturated carbocycles. The van der Waals surface area contributed by atoms with Crippen LogP contribution in [0.3, 0.4) is 0 Å². The molecule has 3 rings (SSSR count). The van der Waals surface area contributed by atoms with E-state index in [2.05, 4.69) is 10.3 Å². The minimum absolute atomic E-state index is 0.00250. The number of H-pyrrole nitrogens is 1. The van der Waals surface area contributed by atoms with Gasteiger partial charge in [-0.3, -0.25) is 4.79 Å². The lowest BCUT2D eigenvalue weighted by atomic mass is 10.1. The van der Waals surface area contributed by atoms with E-state index < -0.39 is 0 Å². The molecule has 0 spiro atoms. The highest BCUT2D eigenvalue weighted by atomic mass is 32.2. The molecular weight excluding hydrogens is 323 g/mol. The highest BCUT2D eigenvalue weighted by molar-refractivity contribution is 7.99. The van der Waals surface area contributed by atoms with Crippen LogP contribution in [-0.4, -0.2) is 17.4 Å². The van der Waals surface area contributed by atoms with Crippen LogP contribution in [0.5, 0.6) is 0 Å². The number of nitrogens with one attached hydrogen (secondary N) is 2. The Morgan fingerprint density at radius 2 is 2.04 bits per heavy atom. The van der Waals surface area contributed by atoms with Crippen molar-refractivity contribution in [3.63, 3.8) is 0 Å². The van der Waals surface area contributed by atoms with Crippen molar-refractivity contribution in [1.29, 1.82) is 0 Å². The molecule has 0 radical (unpaired) electrons. The van der Waals surface area contributed by atoms with Gasteiger partial charge in [-0.2, -0.15) is 0 Å². The quantitative estimate of drug-likeness (QED) is 0.691. The lowest BCUT2D eigenvalue weighted by Crippen LogP contribution is -2.25. The molecule has 3 nitrogen and oxygen atoms in total. The van der Waals surface area contributed by atoms with Crippen molar-refractivity contribution in [2.24, 2.45) is 0 Å². The molecule has 1 aromatic heterocycles. The van der Waals surface area contributed by atoms with Gasteiger partial charge in [-0.15, -0.1) is 0 Å². The third-order valence-corrected chi connectivity index (χ3v) is 4.74. The van der Waals surface area contributed by atoms with E-state index in [0.29, 0.717) is 13.0 Å². The first-order valence-corrected chi connectivity index (χ1v) is 8.78. The highest BCUT2D eigenvalue weighted by Gasteiger charge is 2.15. The van der Waals surface area contributed by atoms with Crippen molar-refractivity contribution >= 4 is 28.6 Å².